The lowest BCUT2D eigenvalue weighted by Gasteiger charge is -2.41. The summed E-state index contributed by atoms with van der Waals surface area (Å²) in [5.74, 6) is 0.137. The summed E-state index contributed by atoms with van der Waals surface area (Å²) in [5, 5.41) is 0. The smallest absolute Gasteiger partial charge is 0.376 e. The van der Waals surface area contributed by atoms with Crippen LogP contribution in [0, 0.1) is 5.92 Å². The molecule has 2 atom stereocenters. The van der Waals surface area contributed by atoms with Gasteiger partial charge in [-0.1, -0.05) is 38.1 Å². The fourth-order valence-electron chi connectivity index (χ4n) is 3.59. The molecule has 1 aromatic rings. The van der Waals surface area contributed by atoms with Gasteiger partial charge in [-0.05, 0) is 54.7 Å². The first kappa shape index (κ1) is 18.8. The summed E-state index contributed by atoms with van der Waals surface area (Å²) in [5.41, 5.74) is -3.42. The summed E-state index contributed by atoms with van der Waals surface area (Å²) < 4.78 is 63.4. The minimum atomic E-state index is -5.64. The molecule has 0 aromatic heterocycles. The molecular weight excluding hydrogens is 341 g/mol. The standard InChI is InChI=1S/C17H21F3O3S/c1-4-16(10-12(2)9-13(3)11-16)14-5-7-15(8-6-14)23-24(21,22)17(18,19)20/h5-8,13H,2,4,9-11H2,1,3H3. The number of rotatable bonds is 4. The molecule has 0 bridgehead atoms. The second-order valence-corrected chi connectivity index (χ2v) is 8.12. The normalized spacial score (nSPS) is 25.5. The summed E-state index contributed by atoms with van der Waals surface area (Å²) >= 11 is 0. The van der Waals surface area contributed by atoms with Gasteiger partial charge in [0.15, 0.2) is 0 Å². The Labute approximate surface area is 140 Å². The van der Waals surface area contributed by atoms with E-state index in [2.05, 4.69) is 24.6 Å². The monoisotopic (exact) mass is 362 g/mol. The van der Waals surface area contributed by atoms with Gasteiger partial charge in [-0.2, -0.15) is 21.6 Å². The van der Waals surface area contributed by atoms with E-state index >= 15 is 0 Å². The second-order valence-electron chi connectivity index (χ2n) is 6.58. The molecule has 1 aromatic carbocycles. The summed E-state index contributed by atoms with van der Waals surface area (Å²) in [7, 11) is -5.64. The van der Waals surface area contributed by atoms with E-state index in [4.69, 9.17) is 0 Å². The molecule has 24 heavy (non-hydrogen) atoms. The van der Waals surface area contributed by atoms with E-state index in [1.807, 2.05) is 0 Å². The maximum absolute atomic E-state index is 12.4. The molecule has 0 spiro atoms. The highest BCUT2D eigenvalue weighted by Gasteiger charge is 2.48. The van der Waals surface area contributed by atoms with Crippen molar-refractivity contribution in [1.29, 1.82) is 0 Å². The van der Waals surface area contributed by atoms with Gasteiger partial charge < -0.3 is 4.18 Å². The Hall–Kier alpha value is -1.50. The largest absolute Gasteiger partial charge is 0.534 e. The maximum Gasteiger partial charge on any atom is 0.534 e. The van der Waals surface area contributed by atoms with E-state index in [0.29, 0.717) is 5.92 Å². The number of alkyl halides is 3. The molecule has 2 rings (SSSR count). The Kier molecular flexibility index (Phi) is 5.04. The van der Waals surface area contributed by atoms with Crippen LogP contribution in [0.2, 0.25) is 0 Å². The molecule has 134 valence electrons. The van der Waals surface area contributed by atoms with Crippen LogP contribution in [0.15, 0.2) is 36.4 Å². The molecule has 0 heterocycles. The molecule has 1 fully saturated rings. The van der Waals surface area contributed by atoms with E-state index in [9.17, 15) is 21.6 Å². The molecule has 3 nitrogen and oxygen atoms in total. The molecule has 7 heteroatoms. The summed E-state index contributed by atoms with van der Waals surface area (Å²) in [6, 6.07) is 5.85. The highest BCUT2D eigenvalue weighted by Crippen LogP contribution is 2.46. The Bertz CT molecular complexity index is 708. The van der Waals surface area contributed by atoms with Crippen molar-refractivity contribution in [3.05, 3.63) is 42.0 Å². The first-order chi connectivity index (χ1) is 11.0. The molecule has 0 saturated heterocycles. The zero-order valence-electron chi connectivity index (χ0n) is 13.7. The number of hydrogen-bond acceptors (Lipinski definition) is 3. The molecule has 0 aliphatic heterocycles. The minimum Gasteiger partial charge on any atom is -0.376 e. The van der Waals surface area contributed by atoms with Crippen LogP contribution < -0.4 is 4.18 Å². The SMILES string of the molecule is C=C1CC(C)CC(CC)(c2ccc(OS(=O)(=O)C(F)(F)F)cc2)C1. The van der Waals surface area contributed by atoms with Gasteiger partial charge in [0.05, 0.1) is 0 Å². The molecule has 0 N–H and O–H groups in total. The maximum atomic E-state index is 12.4. The Morgan fingerprint density at radius 3 is 2.33 bits per heavy atom. The average molecular weight is 362 g/mol. The molecule has 2 unspecified atom stereocenters. The van der Waals surface area contributed by atoms with Crippen molar-refractivity contribution >= 4 is 10.1 Å². The van der Waals surface area contributed by atoms with Crippen molar-refractivity contribution in [3.63, 3.8) is 0 Å². The zero-order chi connectivity index (χ0) is 18.2. The molecule has 0 radical (unpaired) electrons. The highest BCUT2D eigenvalue weighted by molar-refractivity contribution is 7.88. The highest BCUT2D eigenvalue weighted by atomic mass is 32.2. The minimum absolute atomic E-state index is 0.115. The second kappa shape index (κ2) is 6.43. The summed E-state index contributed by atoms with van der Waals surface area (Å²) in [6.07, 6.45) is 3.64. The van der Waals surface area contributed by atoms with Crippen LogP contribution in [0.5, 0.6) is 5.75 Å². The number of allylic oxidation sites excluding steroid dienone is 1. The Morgan fingerprint density at radius 2 is 1.88 bits per heavy atom. The van der Waals surface area contributed by atoms with E-state index in [1.54, 1.807) is 12.1 Å². The van der Waals surface area contributed by atoms with Gasteiger partial charge in [-0.3, -0.25) is 0 Å². The Morgan fingerprint density at radius 1 is 1.29 bits per heavy atom. The van der Waals surface area contributed by atoms with Crippen LogP contribution in [-0.4, -0.2) is 13.9 Å². The lowest BCUT2D eigenvalue weighted by atomic mass is 9.63. The van der Waals surface area contributed by atoms with Crippen molar-refractivity contribution in [2.75, 3.05) is 0 Å². The van der Waals surface area contributed by atoms with Crippen LogP contribution in [0.3, 0.4) is 0 Å². The molecule has 0 amide bonds. The fraction of sp³-hybridized carbons (Fsp3) is 0.529. The summed E-state index contributed by atoms with van der Waals surface area (Å²) in [4.78, 5) is 0. The predicted molar refractivity (Wildman–Crippen MR) is 86.2 cm³/mol. The Balaban J connectivity index is 2.27. The van der Waals surface area contributed by atoms with Crippen molar-refractivity contribution in [1.82, 2.24) is 0 Å². The van der Waals surface area contributed by atoms with Crippen LogP contribution in [0.4, 0.5) is 13.2 Å². The third-order valence-electron chi connectivity index (χ3n) is 4.60. The lowest BCUT2D eigenvalue weighted by molar-refractivity contribution is -0.0500. The van der Waals surface area contributed by atoms with Crippen LogP contribution >= 0.6 is 0 Å². The van der Waals surface area contributed by atoms with E-state index in [0.717, 1.165) is 36.8 Å². The number of halogens is 3. The predicted octanol–water partition coefficient (Wildman–Crippen LogP) is 4.94. The van der Waals surface area contributed by atoms with Crippen molar-refractivity contribution < 1.29 is 25.8 Å². The lowest BCUT2D eigenvalue weighted by Crippen LogP contribution is -2.32. The average Bonchev–Trinajstić information content (AvgIpc) is 2.45. The van der Waals surface area contributed by atoms with Gasteiger partial charge in [0.2, 0.25) is 0 Å². The molecule has 1 saturated carbocycles. The first-order valence-corrected chi connectivity index (χ1v) is 9.18. The van der Waals surface area contributed by atoms with Gasteiger partial charge in [-0.15, -0.1) is 0 Å². The van der Waals surface area contributed by atoms with Gasteiger partial charge in [0.25, 0.3) is 0 Å². The zero-order valence-corrected chi connectivity index (χ0v) is 14.5. The molecule has 1 aliphatic rings. The molecule has 1 aliphatic carbocycles. The van der Waals surface area contributed by atoms with Crippen LogP contribution in [0.25, 0.3) is 0 Å². The third-order valence-corrected chi connectivity index (χ3v) is 5.58. The molecular formula is C17H21F3O3S. The quantitative estimate of drug-likeness (QED) is 0.433. The van der Waals surface area contributed by atoms with E-state index in [1.165, 1.54) is 12.1 Å². The van der Waals surface area contributed by atoms with Crippen LogP contribution in [0.1, 0.15) is 45.1 Å². The van der Waals surface area contributed by atoms with Crippen molar-refractivity contribution in [3.8, 4) is 5.75 Å². The van der Waals surface area contributed by atoms with Gasteiger partial charge in [0.1, 0.15) is 5.75 Å². The van der Waals surface area contributed by atoms with Gasteiger partial charge in [-0.25, -0.2) is 0 Å². The third kappa shape index (κ3) is 3.77. The van der Waals surface area contributed by atoms with Crippen molar-refractivity contribution in [2.24, 2.45) is 5.92 Å². The van der Waals surface area contributed by atoms with E-state index < -0.39 is 15.6 Å². The van der Waals surface area contributed by atoms with Crippen molar-refractivity contribution in [2.45, 2.75) is 50.5 Å². The van der Waals surface area contributed by atoms with Gasteiger partial charge >= 0.3 is 15.6 Å². The van der Waals surface area contributed by atoms with Crippen LogP contribution in [-0.2, 0) is 15.5 Å². The topological polar surface area (TPSA) is 43.4 Å². The summed E-state index contributed by atoms with van der Waals surface area (Å²) in [6.45, 7) is 8.33. The first-order valence-electron chi connectivity index (χ1n) is 7.77. The number of hydrogen-bond donors (Lipinski definition) is 0. The number of benzene rings is 1. The van der Waals surface area contributed by atoms with E-state index in [-0.39, 0.29) is 11.2 Å². The van der Waals surface area contributed by atoms with Gasteiger partial charge in [0, 0.05) is 0 Å². The fourth-order valence-corrected chi connectivity index (χ4v) is 4.05.